The Kier molecular flexibility index (Phi) is 9.29. The molecule has 0 N–H and O–H groups in total. The summed E-state index contributed by atoms with van der Waals surface area (Å²) in [6.45, 7) is 4.25. The number of nitrogens with zero attached hydrogens (tertiary/aromatic N) is 1. The SMILES string of the molecule is Cc1ccc(N(c2ccc(C)cc2)c2ccc(/C=C/c3ccc(/C=C/C=C(c4ccccc4)c4ccccc4)cc3)cc2)cc1. The monoisotopic (exact) mass is 579 g/mol. The van der Waals surface area contributed by atoms with Crippen molar-refractivity contribution in [3.05, 3.63) is 209 Å². The molecule has 0 aliphatic carbocycles. The van der Waals surface area contributed by atoms with E-state index in [4.69, 9.17) is 0 Å². The maximum Gasteiger partial charge on any atom is 0.0462 e. The molecular weight excluding hydrogens is 542 g/mol. The molecule has 0 fully saturated rings. The third kappa shape index (κ3) is 7.65. The lowest BCUT2D eigenvalue weighted by Gasteiger charge is -2.25. The van der Waals surface area contributed by atoms with Gasteiger partial charge in [0.15, 0.2) is 0 Å². The summed E-state index contributed by atoms with van der Waals surface area (Å²) in [6.07, 6.45) is 10.8. The normalized spacial score (nSPS) is 11.2. The average molecular weight is 580 g/mol. The fourth-order valence-corrected chi connectivity index (χ4v) is 5.33. The summed E-state index contributed by atoms with van der Waals surface area (Å²) in [5, 5.41) is 0. The van der Waals surface area contributed by atoms with Gasteiger partial charge in [-0.25, -0.2) is 0 Å². The molecule has 0 aromatic heterocycles. The van der Waals surface area contributed by atoms with E-state index in [1.54, 1.807) is 0 Å². The van der Waals surface area contributed by atoms with E-state index in [9.17, 15) is 0 Å². The Balaban J connectivity index is 1.16. The predicted octanol–water partition coefficient (Wildman–Crippen LogP) is 12.1. The molecule has 0 saturated carbocycles. The Hall–Kier alpha value is -5.66. The van der Waals surface area contributed by atoms with Crippen molar-refractivity contribution in [1.82, 2.24) is 0 Å². The largest absolute Gasteiger partial charge is 0.311 e. The van der Waals surface area contributed by atoms with E-state index >= 15 is 0 Å². The molecular formula is C44H37N. The number of allylic oxidation sites excluding steroid dienone is 2. The summed E-state index contributed by atoms with van der Waals surface area (Å²) in [4.78, 5) is 2.30. The maximum absolute atomic E-state index is 2.30. The molecule has 0 spiro atoms. The highest BCUT2D eigenvalue weighted by Gasteiger charge is 2.12. The highest BCUT2D eigenvalue weighted by Crippen LogP contribution is 2.35. The lowest BCUT2D eigenvalue weighted by molar-refractivity contribution is 1.27. The van der Waals surface area contributed by atoms with Crippen molar-refractivity contribution in [1.29, 1.82) is 0 Å². The first-order valence-electron chi connectivity index (χ1n) is 15.4. The minimum Gasteiger partial charge on any atom is -0.311 e. The zero-order valence-electron chi connectivity index (χ0n) is 25.8. The van der Waals surface area contributed by atoms with Crippen molar-refractivity contribution in [3.8, 4) is 0 Å². The van der Waals surface area contributed by atoms with Crippen LogP contribution in [0, 0.1) is 13.8 Å². The van der Waals surface area contributed by atoms with Gasteiger partial charge in [-0.1, -0.05) is 163 Å². The van der Waals surface area contributed by atoms with Crippen LogP contribution in [0.15, 0.2) is 170 Å². The summed E-state index contributed by atoms with van der Waals surface area (Å²) >= 11 is 0. The molecule has 45 heavy (non-hydrogen) atoms. The summed E-state index contributed by atoms with van der Waals surface area (Å²) in [5.41, 5.74) is 13.1. The predicted molar refractivity (Wildman–Crippen MR) is 195 cm³/mol. The Bertz CT molecular complexity index is 1810. The van der Waals surface area contributed by atoms with Crippen LogP contribution < -0.4 is 4.90 Å². The first-order chi connectivity index (χ1) is 22.1. The van der Waals surface area contributed by atoms with E-state index in [-0.39, 0.29) is 0 Å². The van der Waals surface area contributed by atoms with Crippen LogP contribution >= 0.6 is 0 Å². The summed E-state index contributed by atoms with van der Waals surface area (Å²) < 4.78 is 0. The van der Waals surface area contributed by atoms with Gasteiger partial charge in [0.25, 0.3) is 0 Å². The maximum atomic E-state index is 2.30. The van der Waals surface area contributed by atoms with E-state index in [0.29, 0.717) is 0 Å². The molecule has 0 saturated heterocycles. The molecule has 0 amide bonds. The summed E-state index contributed by atoms with van der Waals surface area (Å²) in [5.74, 6) is 0. The second kappa shape index (κ2) is 14.2. The van der Waals surface area contributed by atoms with Crippen LogP contribution in [-0.4, -0.2) is 0 Å². The van der Waals surface area contributed by atoms with Gasteiger partial charge in [-0.05, 0) is 83.6 Å². The van der Waals surface area contributed by atoms with E-state index in [1.807, 2.05) is 0 Å². The molecule has 0 unspecified atom stereocenters. The fourth-order valence-electron chi connectivity index (χ4n) is 5.33. The topological polar surface area (TPSA) is 3.24 Å². The van der Waals surface area contributed by atoms with Gasteiger partial charge < -0.3 is 4.90 Å². The third-order valence-electron chi connectivity index (χ3n) is 7.86. The second-order valence-corrected chi connectivity index (χ2v) is 11.3. The zero-order chi connectivity index (χ0) is 30.8. The molecule has 6 aromatic carbocycles. The average Bonchev–Trinajstić information content (AvgIpc) is 3.09. The first kappa shape index (κ1) is 29.4. The van der Waals surface area contributed by atoms with E-state index in [0.717, 1.165) is 22.6 Å². The number of hydrogen-bond donors (Lipinski definition) is 0. The molecule has 1 nitrogen and oxygen atoms in total. The van der Waals surface area contributed by atoms with Crippen LogP contribution in [-0.2, 0) is 0 Å². The second-order valence-electron chi connectivity index (χ2n) is 11.3. The van der Waals surface area contributed by atoms with Gasteiger partial charge in [-0.3, -0.25) is 0 Å². The standard InChI is InChI=1S/C44H37N/c1-34-16-28-41(29-17-34)45(42-30-18-35(2)19-31-42)43-32-26-38(27-33-43)25-24-37-22-20-36(21-23-37)10-9-15-44(39-11-5-3-6-12-39)40-13-7-4-8-14-40/h3-33H,1-2H3/b10-9+,25-24+. The minimum atomic E-state index is 1.13. The fraction of sp³-hybridized carbons (Fsp3) is 0.0455. The van der Waals surface area contributed by atoms with Gasteiger partial charge in [0.1, 0.15) is 0 Å². The molecule has 6 aromatic rings. The van der Waals surface area contributed by atoms with Crippen molar-refractivity contribution < 1.29 is 0 Å². The van der Waals surface area contributed by atoms with Gasteiger partial charge >= 0.3 is 0 Å². The van der Waals surface area contributed by atoms with Crippen molar-refractivity contribution in [2.75, 3.05) is 4.90 Å². The van der Waals surface area contributed by atoms with E-state index in [2.05, 4.69) is 207 Å². The molecule has 218 valence electrons. The van der Waals surface area contributed by atoms with Crippen LogP contribution in [0.1, 0.15) is 38.9 Å². The van der Waals surface area contributed by atoms with Crippen molar-refractivity contribution in [3.63, 3.8) is 0 Å². The third-order valence-corrected chi connectivity index (χ3v) is 7.86. The highest BCUT2D eigenvalue weighted by molar-refractivity contribution is 5.82. The van der Waals surface area contributed by atoms with E-state index < -0.39 is 0 Å². The van der Waals surface area contributed by atoms with Crippen LogP contribution in [0.3, 0.4) is 0 Å². The molecule has 0 radical (unpaired) electrons. The van der Waals surface area contributed by atoms with Gasteiger partial charge in [0.2, 0.25) is 0 Å². The Morgan fingerprint density at radius 1 is 0.400 bits per heavy atom. The minimum absolute atomic E-state index is 1.13. The quantitative estimate of drug-likeness (QED) is 0.122. The lowest BCUT2D eigenvalue weighted by Crippen LogP contribution is -2.09. The Morgan fingerprint density at radius 3 is 1.18 bits per heavy atom. The van der Waals surface area contributed by atoms with Crippen LogP contribution in [0.5, 0.6) is 0 Å². The molecule has 0 heterocycles. The number of anilines is 3. The summed E-state index contributed by atoms with van der Waals surface area (Å²) in [6, 6.07) is 55.9. The number of rotatable bonds is 9. The number of aryl methyl sites for hydroxylation is 2. The van der Waals surface area contributed by atoms with Crippen molar-refractivity contribution in [2.45, 2.75) is 13.8 Å². The highest BCUT2D eigenvalue weighted by atomic mass is 15.1. The summed E-state index contributed by atoms with van der Waals surface area (Å²) in [7, 11) is 0. The van der Waals surface area contributed by atoms with Crippen molar-refractivity contribution in [2.24, 2.45) is 0 Å². The lowest BCUT2D eigenvalue weighted by atomic mass is 9.97. The molecule has 0 aliphatic rings. The van der Waals surface area contributed by atoms with Gasteiger partial charge in [-0.15, -0.1) is 0 Å². The van der Waals surface area contributed by atoms with Crippen LogP contribution in [0.2, 0.25) is 0 Å². The molecule has 1 heteroatoms. The van der Waals surface area contributed by atoms with Gasteiger partial charge in [-0.2, -0.15) is 0 Å². The smallest absolute Gasteiger partial charge is 0.0462 e. The first-order valence-corrected chi connectivity index (χ1v) is 15.4. The number of benzene rings is 6. The van der Waals surface area contributed by atoms with Gasteiger partial charge in [0, 0.05) is 17.1 Å². The number of hydrogen-bond acceptors (Lipinski definition) is 1. The Labute approximate surface area is 267 Å². The van der Waals surface area contributed by atoms with Crippen molar-refractivity contribution >= 4 is 40.9 Å². The molecule has 0 atom stereocenters. The van der Waals surface area contributed by atoms with Gasteiger partial charge in [0.05, 0.1) is 0 Å². The zero-order valence-corrected chi connectivity index (χ0v) is 25.8. The molecule has 0 aliphatic heterocycles. The Morgan fingerprint density at radius 2 is 0.756 bits per heavy atom. The molecule has 0 bridgehead atoms. The molecule has 6 rings (SSSR count). The van der Waals surface area contributed by atoms with Crippen LogP contribution in [0.25, 0.3) is 23.8 Å². The van der Waals surface area contributed by atoms with Crippen LogP contribution in [0.4, 0.5) is 17.1 Å². The van der Waals surface area contributed by atoms with E-state index in [1.165, 1.54) is 39.0 Å².